The van der Waals surface area contributed by atoms with Gasteiger partial charge in [0, 0.05) is 11.3 Å². The van der Waals surface area contributed by atoms with E-state index in [4.69, 9.17) is 5.73 Å². The van der Waals surface area contributed by atoms with E-state index in [1.807, 2.05) is 0 Å². The van der Waals surface area contributed by atoms with Gasteiger partial charge in [0.25, 0.3) is 5.91 Å². The summed E-state index contributed by atoms with van der Waals surface area (Å²) in [6.07, 6.45) is -4.96. The number of carbonyl (C=O) groups excluding carboxylic acids is 2. The first-order valence-electron chi connectivity index (χ1n) is 5.65. The van der Waals surface area contributed by atoms with Gasteiger partial charge in [-0.25, -0.2) is 0 Å². The molecule has 0 aliphatic rings. The molecule has 0 saturated heterocycles. The van der Waals surface area contributed by atoms with Gasteiger partial charge in [-0.3, -0.25) is 9.59 Å². The molecule has 0 spiro atoms. The monoisotopic (exact) mass is 314 g/mol. The van der Waals surface area contributed by atoms with E-state index in [9.17, 15) is 22.8 Å². The minimum Gasteiger partial charge on any atom is -0.365 e. The van der Waals surface area contributed by atoms with E-state index < -0.39 is 18.0 Å². The van der Waals surface area contributed by atoms with Gasteiger partial charge in [-0.05, 0) is 29.1 Å². The van der Waals surface area contributed by atoms with Gasteiger partial charge in [-0.2, -0.15) is 13.2 Å². The molecular formula is C13H9F3N2O2S. The third-order valence-electron chi connectivity index (χ3n) is 2.58. The van der Waals surface area contributed by atoms with Gasteiger partial charge >= 0.3 is 12.1 Å². The van der Waals surface area contributed by atoms with Gasteiger partial charge in [0.2, 0.25) is 0 Å². The van der Waals surface area contributed by atoms with E-state index >= 15 is 0 Å². The maximum absolute atomic E-state index is 12.2. The first kappa shape index (κ1) is 15.0. The Bertz CT molecular complexity index is 695. The lowest BCUT2D eigenvalue weighted by atomic mass is 10.1. The SMILES string of the molecule is NC(=O)c1sccc1-c1cccc(NC(=O)C(F)(F)F)c1. The molecule has 8 heteroatoms. The fraction of sp³-hybridized carbons (Fsp3) is 0.0769. The zero-order valence-electron chi connectivity index (χ0n) is 10.4. The van der Waals surface area contributed by atoms with Crippen LogP contribution < -0.4 is 11.1 Å². The molecular weight excluding hydrogens is 305 g/mol. The molecule has 0 unspecified atom stereocenters. The Morgan fingerprint density at radius 1 is 1.19 bits per heavy atom. The van der Waals surface area contributed by atoms with Crippen LogP contribution in [0.2, 0.25) is 0 Å². The Hall–Kier alpha value is -2.35. The van der Waals surface area contributed by atoms with Crippen LogP contribution in [0.3, 0.4) is 0 Å². The second kappa shape index (κ2) is 5.57. The number of nitrogens with two attached hydrogens (primary N) is 1. The topological polar surface area (TPSA) is 72.2 Å². The van der Waals surface area contributed by atoms with Crippen molar-refractivity contribution >= 4 is 28.8 Å². The Balaban J connectivity index is 2.32. The number of primary amides is 1. The maximum Gasteiger partial charge on any atom is 0.471 e. The average molecular weight is 314 g/mol. The first-order valence-corrected chi connectivity index (χ1v) is 6.53. The van der Waals surface area contributed by atoms with Crippen LogP contribution >= 0.6 is 11.3 Å². The number of hydrogen-bond acceptors (Lipinski definition) is 3. The molecule has 0 aliphatic heterocycles. The number of hydrogen-bond donors (Lipinski definition) is 2. The van der Waals surface area contributed by atoms with Crippen LogP contribution in [0.1, 0.15) is 9.67 Å². The van der Waals surface area contributed by atoms with Gasteiger partial charge in [0.1, 0.15) is 0 Å². The van der Waals surface area contributed by atoms with Gasteiger partial charge in [0.15, 0.2) is 0 Å². The van der Waals surface area contributed by atoms with Crippen molar-refractivity contribution in [3.63, 3.8) is 0 Å². The highest BCUT2D eigenvalue weighted by molar-refractivity contribution is 7.12. The molecule has 21 heavy (non-hydrogen) atoms. The van der Waals surface area contributed by atoms with Crippen LogP contribution in [-0.4, -0.2) is 18.0 Å². The summed E-state index contributed by atoms with van der Waals surface area (Å²) >= 11 is 1.13. The summed E-state index contributed by atoms with van der Waals surface area (Å²) in [4.78, 5) is 22.5. The van der Waals surface area contributed by atoms with E-state index in [-0.39, 0.29) is 5.69 Å². The van der Waals surface area contributed by atoms with Crippen LogP contribution in [0.25, 0.3) is 11.1 Å². The summed E-state index contributed by atoms with van der Waals surface area (Å²) in [5.41, 5.74) is 6.21. The van der Waals surface area contributed by atoms with Crippen molar-refractivity contribution in [2.45, 2.75) is 6.18 Å². The summed E-state index contributed by atoms with van der Waals surface area (Å²) in [5.74, 6) is -2.68. The lowest BCUT2D eigenvalue weighted by molar-refractivity contribution is -0.167. The molecule has 1 aromatic heterocycles. The number of nitrogens with one attached hydrogen (secondary N) is 1. The summed E-state index contributed by atoms with van der Waals surface area (Å²) in [7, 11) is 0. The molecule has 3 N–H and O–H groups in total. The van der Waals surface area contributed by atoms with Crippen molar-refractivity contribution in [3.05, 3.63) is 40.6 Å². The Kier molecular flexibility index (Phi) is 3.99. The van der Waals surface area contributed by atoms with E-state index in [0.717, 1.165) is 11.3 Å². The number of benzene rings is 1. The zero-order chi connectivity index (χ0) is 15.6. The van der Waals surface area contributed by atoms with E-state index in [2.05, 4.69) is 0 Å². The quantitative estimate of drug-likeness (QED) is 0.914. The molecule has 2 rings (SSSR count). The van der Waals surface area contributed by atoms with Gasteiger partial charge in [0.05, 0.1) is 4.88 Å². The van der Waals surface area contributed by atoms with Crippen LogP contribution in [0, 0.1) is 0 Å². The summed E-state index contributed by atoms with van der Waals surface area (Å²) < 4.78 is 36.6. The fourth-order valence-electron chi connectivity index (χ4n) is 1.69. The number of alkyl halides is 3. The molecule has 2 amide bonds. The van der Waals surface area contributed by atoms with Crippen LogP contribution in [0.4, 0.5) is 18.9 Å². The van der Waals surface area contributed by atoms with Gasteiger partial charge in [-0.15, -0.1) is 11.3 Å². The highest BCUT2D eigenvalue weighted by atomic mass is 32.1. The predicted molar refractivity (Wildman–Crippen MR) is 73.0 cm³/mol. The third kappa shape index (κ3) is 3.40. The summed E-state index contributed by atoms with van der Waals surface area (Å²) in [5, 5.41) is 3.41. The number of rotatable bonds is 3. The minimum atomic E-state index is -4.96. The van der Waals surface area contributed by atoms with Crippen molar-refractivity contribution in [1.82, 2.24) is 0 Å². The van der Waals surface area contributed by atoms with Crippen molar-refractivity contribution < 1.29 is 22.8 Å². The van der Waals surface area contributed by atoms with Crippen molar-refractivity contribution in [1.29, 1.82) is 0 Å². The van der Waals surface area contributed by atoms with Crippen molar-refractivity contribution in [2.75, 3.05) is 5.32 Å². The van der Waals surface area contributed by atoms with Crippen molar-refractivity contribution in [2.24, 2.45) is 5.73 Å². The molecule has 1 aromatic carbocycles. The molecule has 1 heterocycles. The van der Waals surface area contributed by atoms with Crippen LogP contribution in [0.15, 0.2) is 35.7 Å². The Morgan fingerprint density at radius 2 is 1.90 bits per heavy atom. The molecule has 0 aliphatic carbocycles. The molecule has 4 nitrogen and oxygen atoms in total. The molecule has 0 fully saturated rings. The summed E-state index contributed by atoms with van der Waals surface area (Å²) in [6.45, 7) is 0. The molecule has 0 bridgehead atoms. The van der Waals surface area contributed by atoms with Crippen molar-refractivity contribution in [3.8, 4) is 11.1 Å². The number of carbonyl (C=O) groups is 2. The Labute approximate surface area is 121 Å². The minimum absolute atomic E-state index is 0.0172. The number of anilines is 1. The highest BCUT2D eigenvalue weighted by Crippen LogP contribution is 2.30. The van der Waals surface area contributed by atoms with Crippen LogP contribution in [-0.2, 0) is 4.79 Å². The first-order chi connectivity index (χ1) is 9.79. The van der Waals surface area contributed by atoms with E-state index in [1.165, 1.54) is 18.2 Å². The third-order valence-corrected chi connectivity index (χ3v) is 3.51. The van der Waals surface area contributed by atoms with Gasteiger partial charge in [-0.1, -0.05) is 12.1 Å². The Morgan fingerprint density at radius 3 is 2.52 bits per heavy atom. The second-order valence-corrected chi connectivity index (χ2v) is 4.98. The predicted octanol–water partition coefficient (Wildman–Crippen LogP) is 3.01. The second-order valence-electron chi connectivity index (χ2n) is 4.06. The largest absolute Gasteiger partial charge is 0.471 e. The standard InChI is InChI=1S/C13H9F3N2O2S/c14-13(15,16)12(20)18-8-3-1-2-7(6-8)9-4-5-21-10(9)11(17)19/h1-6H,(H2,17,19)(H,18,20). The maximum atomic E-state index is 12.2. The molecule has 0 atom stereocenters. The zero-order valence-corrected chi connectivity index (χ0v) is 11.2. The average Bonchev–Trinajstić information content (AvgIpc) is 2.87. The molecule has 2 aromatic rings. The molecule has 110 valence electrons. The van der Waals surface area contributed by atoms with E-state index in [0.29, 0.717) is 16.0 Å². The fourth-order valence-corrected chi connectivity index (χ4v) is 2.46. The van der Waals surface area contributed by atoms with Crippen LogP contribution in [0.5, 0.6) is 0 Å². The number of amides is 2. The molecule has 0 radical (unpaired) electrons. The number of thiophene rings is 1. The lowest BCUT2D eigenvalue weighted by Crippen LogP contribution is -2.29. The van der Waals surface area contributed by atoms with Gasteiger partial charge < -0.3 is 11.1 Å². The normalized spacial score (nSPS) is 11.2. The lowest BCUT2D eigenvalue weighted by Gasteiger charge is -2.09. The smallest absolute Gasteiger partial charge is 0.365 e. The molecule has 0 saturated carbocycles. The summed E-state index contributed by atoms with van der Waals surface area (Å²) in [6, 6.07) is 7.39. The van der Waals surface area contributed by atoms with E-state index in [1.54, 1.807) is 22.8 Å². The highest BCUT2D eigenvalue weighted by Gasteiger charge is 2.38. The number of halogens is 3.